The largest absolute Gasteiger partial charge is 0.404 e. The highest BCUT2D eigenvalue weighted by molar-refractivity contribution is 7.14. The highest BCUT2D eigenvalue weighted by atomic mass is 32.1. The fraction of sp³-hybridized carbons (Fsp3) is 0.500. The van der Waals surface area contributed by atoms with Gasteiger partial charge < -0.3 is 4.90 Å². The summed E-state index contributed by atoms with van der Waals surface area (Å²) in [5.74, 6) is -0.929. The van der Waals surface area contributed by atoms with Crippen LogP contribution in [0, 0.1) is 16.7 Å². The Labute approximate surface area is 124 Å². The van der Waals surface area contributed by atoms with Crippen LogP contribution in [-0.2, 0) is 0 Å². The molecule has 0 aromatic carbocycles. The van der Waals surface area contributed by atoms with E-state index in [1.165, 1.54) is 12.1 Å². The molecule has 0 spiro atoms. The van der Waals surface area contributed by atoms with Crippen molar-refractivity contribution in [2.45, 2.75) is 18.8 Å². The third-order valence-corrected chi connectivity index (χ3v) is 4.55. The Balaban J connectivity index is 2.27. The lowest BCUT2D eigenvalue weighted by Crippen LogP contribution is -2.52. The predicted molar refractivity (Wildman–Crippen MR) is 64.1 cm³/mol. The molecule has 22 heavy (non-hydrogen) atoms. The van der Waals surface area contributed by atoms with Gasteiger partial charge in [-0.3, -0.25) is 4.79 Å². The number of carbonyl (C=O) groups excluding carboxylic acids is 1. The first-order valence-electron chi connectivity index (χ1n) is 5.94. The summed E-state index contributed by atoms with van der Waals surface area (Å²) in [5.41, 5.74) is -3.90. The zero-order chi connectivity index (χ0) is 16.8. The fourth-order valence-electron chi connectivity index (χ4n) is 2.28. The van der Waals surface area contributed by atoms with Gasteiger partial charge in [-0.25, -0.2) is 0 Å². The van der Waals surface area contributed by atoms with E-state index in [0.29, 0.717) is 4.90 Å². The Morgan fingerprint density at radius 1 is 1.23 bits per heavy atom. The minimum Gasteiger partial charge on any atom is -0.337 e. The second kappa shape index (κ2) is 5.15. The maximum atomic E-state index is 12.9. The van der Waals surface area contributed by atoms with Crippen molar-refractivity contribution < 1.29 is 31.1 Å². The predicted octanol–water partition coefficient (Wildman–Crippen LogP) is 3.58. The number of thiophene rings is 1. The van der Waals surface area contributed by atoms with Crippen molar-refractivity contribution >= 4 is 17.2 Å². The number of nitrogens with zero attached hydrogens (tertiary/aromatic N) is 2. The van der Waals surface area contributed by atoms with Crippen LogP contribution >= 0.6 is 11.3 Å². The Morgan fingerprint density at radius 2 is 1.82 bits per heavy atom. The van der Waals surface area contributed by atoms with Gasteiger partial charge in [-0.15, -0.1) is 11.3 Å². The van der Waals surface area contributed by atoms with E-state index in [1.807, 2.05) is 0 Å². The molecule has 1 amide bonds. The summed E-state index contributed by atoms with van der Waals surface area (Å²) >= 11 is 0.728. The number of nitriles is 1. The summed E-state index contributed by atoms with van der Waals surface area (Å²) in [5, 5.41) is 8.63. The molecule has 1 saturated heterocycles. The van der Waals surface area contributed by atoms with Crippen LogP contribution in [0.1, 0.15) is 21.0 Å². The molecule has 1 fully saturated rings. The van der Waals surface area contributed by atoms with Crippen molar-refractivity contribution in [3.8, 4) is 6.07 Å². The van der Waals surface area contributed by atoms with Gasteiger partial charge in [0, 0.05) is 13.1 Å². The van der Waals surface area contributed by atoms with Gasteiger partial charge in [0.15, 0.2) is 5.41 Å². The number of hydrogen-bond acceptors (Lipinski definition) is 3. The van der Waals surface area contributed by atoms with Gasteiger partial charge in [0.2, 0.25) is 0 Å². The van der Waals surface area contributed by atoms with Gasteiger partial charge >= 0.3 is 12.4 Å². The van der Waals surface area contributed by atoms with Gasteiger partial charge in [-0.1, -0.05) is 0 Å². The molecule has 1 aromatic heterocycles. The number of carbonyl (C=O) groups is 1. The lowest BCUT2D eigenvalue weighted by Gasteiger charge is -2.33. The zero-order valence-electron chi connectivity index (χ0n) is 10.8. The summed E-state index contributed by atoms with van der Waals surface area (Å²) in [6, 6.07) is 4.25. The molecule has 0 aliphatic carbocycles. The molecule has 120 valence electrons. The Morgan fingerprint density at radius 3 is 2.23 bits per heavy atom. The first-order valence-corrected chi connectivity index (χ1v) is 6.76. The van der Waals surface area contributed by atoms with Crippen LogP contribution in [0.25, 0.3) is 0 Å². The van der Waals surface area contributed by atoms with Crippen LogP contribution < -0.4 is 0 Å². The molecular formula is C12H8F6N2OS. The standard InChI is InChI=1S/C12H8F6N2OS/c13-11(14,15)10(12(16,17)18)3-4-20(6-10)9(21)8-2-1-7(5-19)22-8/h1-2H,3-4,6H2. The Bertz CT molecular complexity index is 613. The number of likely N-dealkylation sites (tertiary alicyclic amines) is 1. The van der Waals surface area contributed by atoms with E-state index in [9.17, 15) is 31.1 Å². The van der Waals surface area contributed by atoms with Crippen molar-refractivity contribution in [1.29, 1.82) is 5.26 Å². The van der Waals surface area contributed by atoms with Crippen LogP contribution in [0.15, 0.2) is 12.1 Å². The molecule has 10 heteroatoms. The van der Waals surface area contributed by atoms with Crippen LogP contribution in [0.4, 0.5) is 26.3 Å². The van der Waals surface area contributed by atoms with Gasteiger partial charge in [0.25, 0.3) is 5.91 Å². The summed E-state index contributed by atoms with van der Waals surface area (Å²) in [7, 11) is 0. The molecule has 2 heterocycles. The van der Waals surface area contributed by atoms with E-state index in [-0.39, 0.29) is 9.75 Å². The number of amides is 1. The van der Waals surface area contributed by atoms with E-state index in [2.05, 4.69) is 0 Å². The quantitative estimate of drug-likeness (QED) is 0.733. The first kappa shape index (κ1) is 16.6. The number of rotatable bonds is 1. The molecule has 1 aromatic rings. The first-order chi connectivity index (χ1) is 10.0. The second-order valence-corrected chi connectivity index (χ2v) is 5.91. The second-order valence-electron chi connectivity index (χ2n) is 4.83. The van der Waals surface area contributed by atoms with E-state index >= 15 is 0 Å². The molecule has 1 aliphatic rings. The van der Waals surface area contributed by atoms with E-state index in [1.54, 1.807) is 6.07 Å². The van der Waals surface area contributed by atoms with Crippen LogP contribution in [0.2, 0.25) is 0 Å². The number of alkyl halides is 6. The molecule has 0 atom stereocenters. The molecule has 0 saturated carbocycles. The summed E-state index contributed by atoms with van der Waals surface area (Å²) in [6.45, 7) is -2.10. The van der Waals surface area contributed by atoms with E-state index in [4.69, 9.17) is 5.26 Å². The lowest BCUT2D eigenvalue weighted by atomic mass is 9.85. The van der Waals surface area contributed by atoms with Crippen molar-refractivity contribution in [3.05, 3.63) is 21.9 Å². The molecule has 2 rings (SSSR count). The van der Waals surface area contributed by atoms with E-state index in [0.717, 1.165) is 11.3 Å². The van der Waals surface area contributed by atoms with Crippen LogP contribution in [-0.4, -0.2) is 36.2 Å². The average molecular weight is 342 g/mol. The zero-order valence-corrected chi connectivity index (χ0v) is 11.6. The molecule has 3 nitrogen and oxygen atoms in total. The molecule has 0 radical (unpaired) electrons. The van der Waals surface area contributed by atoms with Crippen LogP contribution in [0.3, 0.4) is 0 Å². The molecular weight excluding hydrogens is 334 g/mol. The minimum atomic E-state index is -5.49. The molecule has 0 unspecified atom stereocenters. The topological polar surface area (TPSA) is 44.1 Å². The van der Waals surface area contributed by atoms with Gasteiger partial charge in [-0.2, -0.15) is 31.6 Å². The van der Waals surface area contributed by atoms with Crippen molar-refractivity contribution in [2.75, 3.05) is 13.1 Å². The van der Waals surface area contributed by atoms with Crippen molar-refractivity contribution in [3.63, 3.8) is 0 Å². The molecule has 1 aliphatic heterocycles. The third-order valence-electron chi connectivity index (χ3n) is 3.57. The maximum absolute atomic E-state index is 12.9. The summed E-state index contributed by atoms with van der Waals surface area (Å²) < 4.78 is 77.5. The normalized spacial score (nSPS) is 18.3. The minimum absolute atomic E-state index is 0.0586. The number of halogens is 6. The Hall–Kier alpha value is -1.76. The van der Waals surface area contributed by atoms with Crippen LogP contribution in [0.5, 0.6) is 0 Å². The highest BCUT2D eigenvalue weighted by Crippen LogP contribution is 2.55. The number of hydrogen-bond donors (Lipinski definition) is 0. The Kier molecular flexibility index (Phi) is 3.89. The van der Waals surface area contributed by atoms with E-state index < -0.39 is 43.2 Å². The van der Waals surface area contributed by atoms with Gasteiger partial charge in [0.1, 0.15) is 10.9 Å². The molecule has 0 bridgehead atoms. The van der Waals surface area contributed by atoms with Crippen molar-refractivity contribution in [1.82, 2.24) is 4.90 Å². The third kappa shape index (κ3) is 2.54. The summed E-state index contributed by atoms with van der Waals surface area (Å²) in [4.78, 5) is 12.6. The molecule has 0 N–H and O–H groups in total. The summed E-state index contributed by atoms with van der Waals surface area (Å²) in [6.07, 6.45) is -12.2. The SMILES string of the molecule is N#Cc1ccc(C(=O)N2CCC(C(F)(F)F)(C(F)(F)F)C2)s1. The van der Waals surface area contributed by atoms with Gasteiger partial charge in [0.05, 0.1) is 4.88 Å². The maximum Gasteiger partial charge on any atom is 0.404 e. The fourth-order valence-corrected chi connectivity index (χ4v) is 3.05. The monoisotopic (exact) mass is 342 g/mol. The highest BCUT2D eigenvalue weighted by Gasteiger charge is 2.72. The average Bonchev–Trinajstić information content (AvgIpc) is 3.04. The van der Waals surface area contributed by atoms with Crippen molar-refractivity contribution in [2.24, 2.45) is 5.41 Å². The van der Waals surface area contributed by atoms with Gasteiger partial charge in [-0.05, 0) is 18.6 Å². The lowest BCUT2D eigenvalue weighted by molar-refractivity contribution is -0.334. The smallest absolute Gasteiger partial charge is 0.337 e.